The fraction of sp³-hybridized carbons (Fsp3) is 0.714. The van der Waals surface area contributed by atoms with Gasteiger partial charge in [-0.3, -0.25) is 0 Å². The van der Waals surface area contributed by atoms with Crippen molar-refractivity contribution in [2.24, 2.45) is 11.7 Å². The molecule has 0 fully saturated rings. The molecule has 0 radical (unpaired) electrons. The van der Waals surface area contributed by atoms with E-state index < -0.39 is 0 Å². The molecule has 0 saturated carbocycles. The SMILES string of the molecule is CCC(N)Cc1cccn1CCCC(C)C. The minimum Gasteiger partial charge on any atom is -0.351 e. The maximum absolute atomic E-state index is 6.00. The first kappa shape index (κ1) is 13.3. The molecular formula is C14H26N2. The number of aryl methyl sites for hydroxylation is 1. The van der Waals surface area contributed by atoms with Crippen molar-refractivity contribution in [3.05, 3.63) is 24.0 Å². The van der Waals surface area contributed by atoms with Crippen LogP contribution in [0.1, 0.15) is 45.7 Å². The van der Waals surface area contributed by atoms with Crippen molar-refractivity contribution in [3.8, 4) is 0 Å². The first-order valence-corrected chi connectivity index (χ1v) is 6.53. The fourth-order valence-corrected chi connectivity index (χ4v) is 1.94. The maximum Gasteiger partial charge on any atom is 0.0222 e. The van der Waals surface area contributed by atoms with E-state index in [1.54, 1.807) is 0 Å². The van der Waals surface area contributed by atoms with Crippen LogP contribution in [0.2, 0.25) is 0 Å². The van der Waals surface area contributed by atoms with Gasteiger partial charge in [0.1, 0.15) is 0 Å². The van der Waals surface area contributed by atoms with Gasteiger partial charge in [-0.05, 0) is 37.3 Å². The van der Waals surface area contributed by atoms with Crippen LogP contribution in [0, 0.1) is 5.92 Å². The zero-order valence-electron chi connectivity index (χ0n) is 10.9. The Morgan fingerprint density at radius 2 is 2.12 bits per heavy atom. The van der Waals surface area contributed by atoms with Crippen molar-refractivity contribution in [3.63, 3.8) is 0 Å². The van der Waals surface area contributed by atoms with Gasteiger partial charge in [-0.25, -0.2) is 0 Å². The second kappa shape index (κ2) is 6.74. The summed E-state index contributed by atoms with van der Waals surface area (Å²) in [6.45, 7) is 7.85. The molecule has 0 aliphatic heterocycles. The van der Waals surface area contributed by atoms with Crippen LogP contribution < -0.4 is 5.73 Å². The van der Waals surface area contributed by atoms with Crippen LogP contribution in [0.4, 0.5) is 0 Å². The molecule has 1 rings (SSSR count). The molecule has 1 aromatic heterocycles. The Morgan fingerprint density at radius 1 is 1.38 bits per heavy atom. The van der Waals surface area contributed by atoms with Gasteiger partial charge in [-0.15, -0.1) is 0 Å². The molecule has 0 aliphatic rings. The molecule has 2 nitrogen and oxygen atoms in total. The second-order valence-corrected chi connectivity index (χ2v) is 5.10. The summed E-state index contributed by atoms with van der Waals surface area (Å²) in [6.07, 6.45) is 6.80. The Morgan fingerprint density at radius 3 is 2.75 bits per heavy atom. The zero-order chi connectivity index (χ0) is 12.0. The third kappa shape index (κ3) is 4.40. The number of nitrogens with two attached hydrogens (primary N) is 1. The number of hydrogen-bond acceptors (Lipinski definition) is 1. The van der Waals surface area contributed by atoms with E-state index in [1.807, 2.05) is 0 Å². The van der Waals surface area contributed by atoms with E-state index in [4.69, 9.17) is 5.73 Å². The van der Waals surface area contributed by atoms with Crippen molar-refractivity contribution in [2.45, 2.75) is 59.0 Å². The monoisotopic (exact) mass is 222 g/mol. The predicted molar refractivity (Wildman–Crippen MR) is 70.5 cm³/mol. The molecule has 16 heavy (non-hydrogen) atoms. The van der Waals surface area contributed by atoms with Gasteiger partial charge in [0.15, 0.2) is 0 Å². The Bertz CT molecular complexity index is 289. The van der Waals surface area contributed by atoms with Crippen LogP contribution >= 0.6 is 0 Å². The maximum atomic E-state index is 6.00. The van der Waals surface area contributed by atoms with Crippen LogP contribution in [0.15, 0.2) is 18.3 Å². The molecule has 1 heterocycles. The van der Waals surface area contributed by atoms with Gasteiger partial charge in [-0.2, -0.15) is 0 Å². The standard InChI is InChI=1S/C14H26N2/c1-4-13(15)11-14-8-6-10-16(14)9-5-7-12(2)3/h6,8,10,12-13H,4-5,7,9,11,15H2,1-3H3. The zero-order valence-corrected chi connectivity index (χ0v) is 10.9. The number of aromatic nitrogens is 1. The highest BCUT2D eigenvalue weighted by atomic mass is 15.0. The molecule has 1 unspecified atom stereocenters. The van der Waals surface area contributed by atoms with Gasteiger partial charge in [-0.1, -0.05) is 20.8 Å². The topological polar surface area (TPSA) is 30.9 Å². The molecule has 0 spiro atoms. The van der Waals surface area contributed by atoms with Gasteiger partial charge in [0.2, 0.25) is 0 Å². The quantitative estimate of drug-likeness (QED) is 0.754. The van der Waals surface area contributed by atoms with Crippen LogP contribution in [0.5, 0.6) is 0 Å². The van der Waals surface area contributed by atoms with Crippen LogP contribution in [0.3, 0.4) is 0 Å². The first-order valence-electron chi connectivity index (χ1n) is 6.53. The summed E-state index contributed by atoms with van der Waals surface area (Å²) in [5.74, 6) is 0.803. The Kier molecular flexibility index (Phi) is 5.61. The fourth-order valence-electron chi connectivity index (χ4n) is 1.94. The third-order valence-electron chi connectivity index (χ3n) is 3.10. The van der Waals surface area contributed by atoms with Gasteiger partial charge in [0.05, 0.1) is 0 Å². The molecule has 1 atom stereocenters. The largest absolute Gasteiger partial charge is 0.351 e. The highest BCUT2D eigenvalue weighted by Crippen LogP contribution is 2.10. The molecule has 0 aromatic carbocycles. The summed E-state index contributed by atoms with van der Waals surface area (Å²) in [7, 11) is 0. The van der Waals surface area contributed by atoms with E-state index in [-0.39, 0.29) is 0 Å². The number of nitrogens with zero attached hydrogens (tertiary/aromatic N) is 1. The van der Waals surface area contributed by atoms with E-state index in [2.05, 4.69) is 43.7 Å². The molecule has 1 aromatic rings. The molecule has 2 N–H and O–H groups in total. The lowest BCUT2D eigenvalue weighted by molar-refractivity contribution is 0.500. The van der Waals surface area contributed by atoms with Crippen molar-refractivity contribution >= 4 is 0 Å². The lowest BCUT2D eigenvalue weighted by atomic mass is 10.1. The molecule has 0 aliphatic carbocycles. The summed E-state index contributed by atoms with van der Waals surface area (Å²) in [6, 6.07) is 4.64. The third-order valence-corrected chi connectivity index (χ3v) is 3.10. The molecule has 0 saturated heterocycles. The van der Waals surface area contributed by atoms with Crippen LogP contribution in [-0.4, -0.2) is 10.6 Å². The average molecular weight is 222 g/mol. The molecule has 0 bridgehead atoms. The molecule has 92 valence electrons. The van der Waals surface area contributed by atoms with E-state index in [9.17, 15) is 0 Å². The van der Waals surface area contributed by atoms with Crippen LogP contribution in [-0.2, 0) is 13.0 Å². The van der Waals surface area contributed by atoms with E-state index in [0.29, 0.717) is 6.04 Å². The van der Waals surface area contributed by atoms with Crippen molar-refractivity contribution in [2.75, 3.05) is 0 Å². The highest BCUT2D eigenvalue weighted by Gasteiger charge is 2.05. The van der Waals surface area contributed by atoms with Crippen molar-refractivity contribution < 1.29 is 0 Å². The van der Waals surface area contributed by atoms with E-state index in [0.717, 1.165) is 25.3 Å². The summed E-state index contributed by atoms with van der Waals surface area (Å²) in [5.41, 5.74) is 7.38. The second-order valence-electron chi connectivity index (χ2n) is 5.10. The predicted octanol–water partition coefficient (Wildman–Crippen LogP) is 3.20. The summed E-state index contributed by atoms with van der Waals surface area (Å²) in [5, 5.41) is 0. The highest BCUT2D eigenvalue weighted by molar-refractivity contribution is 5.08. The summed E-state index contributed by atoms with van der Waals surface area (Å²) in [4.78, 5) is 0. The average Bonchev–Trinajstić information content (AvgIpc) is 2.65. The van der Waals surface area contributed by atoms with Gasteiger partial charge in [0, 0.05) is 30.9 Å². The summed E-state index contributed by atoms with van der Waals surface area (Å²) >= 11 is 0. The smallest absolute Gasteiger partial charge is 0.0222 e. The minimum absolute atomic E-state index is 0.304. The van der Waals surface area contributed by atoms with Crippen LogP contribution in [0.25, 0.3) is 0 Å². The molecular weight excluding hydrogens is 196 g/mol. The van der Waals surface area contributed by atoms with Gasteiger partial charge >= 0.3 is 0 Å². The minimum atomic E-state index is 0.304. The Balaban J connectivity index is 2.44. The Labute approximate surface area is 99.8 Å². The van der Waals surface area contributed by atoms with Gasteiger partial charge < -0.3 is 10.3 Å². The van der Waals surface area contributed by atoms with Crippen molar-refractivity contribution in [1.29, 1.82) is 0 Å². The molecule has 2 heteroatoms. The summed E-state index contributed by atoms with van der Waals surface area (Å²) < 4.78 is 2.36. The number of hydrogen-bond donors (Lipinski definition) is 1. The van der Waals surface area contributed by atoms with Crippen molar-refractivity contribution in [1.82, 2.24) is 4.57 Å². The normalized spacial score (nSPS) is 13.3. The van der Waals surface area contributed by atoms with Gasteiger partial charge in [0.25, 0.3) is 0 Å². The first-order chi connectivity index (χ1) is 7.63. The van der Waals surface area contributed by atoms with E-state index >= 15 is 0 Å². The molecule has 0 amide bonds. The number of rotatable bonds is 7. The Hall–Kier alpha value is -0.760. The lowest BCUT2D eigenvalue weighted by Gasteiger charge is -2.13. The van der Waals surface area contributed by atoms with E-state index in [1.165, 1.54) is 18.5 Å². The lowest BCUT2D eigenvalue weighted by Crippen LogP contribution is -2.23.